The van der Waals surface area contributed by atoms with E-state index in [0.29, 0.717) is 44.6 Å². The fraction of sp³-hybridized carbons (Fsp3) is 0.333. The molecule has 0 N–H and O–H groups in total. The summed E-state index contributed by atoms with van der Waals surface area (Å²) in [5.74, 6) is -0.200. The van der Waals surface area contributed by atoms with Crippen molar-refractivity contribution in [1.29, 1.82) is 0 Å². The van der Waals surface area contributed by atoms with Crippen LogP contribution in [0.2, 0.25) is 0 Å². The zero-order valence-corrected chi connectivity index (χ0v) is 15.4. The highest BCUT2D eigenvalue weighted by atomic mass is 19.1. The van der Waals surface area contributed by atoms with Gasteiger partial charge in [-0.1, -0.05) is 24.3 Å². The van der Waals surface area contributed by atoms with E-state index < -0.39 is 5.82 Å². The Bertz CT molecular complexity index is 802. The van der Waals surface area contributed by atoms with E-state index in [1.807, 2.05) is 18.2 Å². The molecule has 6 heteroatoms. The summed E-state index contributed by atoms with van der Waals surface area (Å²) >= 11 is 0. The molecule has 1 fully saturated rings. The van der Waals surface area contributed by atoms with Crippen molar-refractivity contribution < 1.29 is 18.7 Å². The first-order chi connectivity index (χ1) is 13.1. The van der Waals surface area contributed by atoms with Crippen molar-refractivity contribution in [1.82, 2.24) is 9.80 Å². The quantitative estimate of drug-likeness (QED) is 0.813. The lowest BCUT2D eigenvalue weighted by Crippen LogP contribution is -2.50. The van der Waals surface area contributed by atoms with E-state index in [1.54, 1.807) is 34.1 Å². The molecule has 0 aromatic heterocycles. The Balaban J connectivity index is 1.48. The Morgan fingerprint density at radius 1 is 1.00 bits per heavy atom. The molecule has 1 heterocycles. The number of nitrogens with zero attached hydrogens (tertiary/aromatic N) is 2. The maximum atomic E-state index is 13.7. The lowest BCUT2D eigenvalue weighted by Gasteiger charge is -2.35. The average Bonchev–Trinajstić information content (AvgIpc) is 2.72. The maximum Gasteiger partial charge on any atom is 0.253 e. The summed E-state index contributed by atoms with van der Waals surface area (Å²) in [5.41, 5.74) is 1.43. The van der Waals surface area contributed by atoms with Crippen LogP contribution in [-0.2, 0) is 11.2 Å². The van der Waals surface area contributed by atoms with Crippen LogP contribution in [0.15, 0.2) is 48.5 Å². The molecule has 1 aliphatic rings. The second-order valence-electron chi connectivity index (χ2n) is 6.51. The average molecular weight is 370 g/mol. The lowest BCUT2D eigenvalue weighted by atomic mass is 10.1. The molecule has 0 saturated carbocycles. The largest absolute Gasteiger partial charge is 0.494 e. The molecule has 0 bridgehead atoms. The number of rotatable bonds is 5. The number of halogens is 1. The topological polar surface area (TPSA) is 49.9 Å². The van der Waals surface area contributed by atoms with Gasteiger partial charge in [0.2, 0.25) is 5.91 Å². The third-order valence-electron chi connectivity index (χ3n) is 4.78. The number of benzene rings is 2. The van der Waals surface area contributed by atoms with Crippen LogP contribution >= 0.6 is 0 Å². The van der Waals surface area contributed by atoms with E-state index >= 15 is 0 Å². The molecular formula is C21H23FN2O3. The number of carbonyl (C=O) groups excluding carboxylic acids is 2. The maximum absolute atomic E-state index is 13.7. The monoisotopic (exact) mass is 370 g/mol. The Morgan fingerprint density at radius 3 is 2.30 bits per heavy atom. The first-order valence-corrected chi connectivity index (χ1v) is 9.03. The second kappa shape index (κ2) is 8.66. The van der Waals surface area contributed by atoms with Crippen LogP contribution in [0.5, 0.6) is 5.75 Å². The van der Waals surface area contributed by atoms with Crippen molar-refractivity contribution in [2.75, 3.05) is 33.3 Å². The first kappa shape index (κ1) is 18.9. The highest BCUT2D eigenvalue weighted by Gasteiger charge is 2.24. The molecule has 2 aromatic rings. The highest BCUT2D eigenvalue weighted by molar-refractivity contribution is 5.94. The van der Waals surface area contributed by atoms with Crippen molar-refractivity contribution in [3.05, 3.63) is 65.5 Å². The van der Waals surface area contributed by atoms with Gasteiger partial charge < -0.3 is 14.5 Å². The van der Waals surface area contributed by atoms with Crippen LogP contribution in [-0.4, -0.2) is 54.9 Å². The molecule has 2 aromatic carbocycles. The minimum Gasteiger partial charge on any atom is -0.494 e. The summed E-state index contributed by atoms with van der Waals surface area (Å²) < 4.78 is 18.6. The molecule has 1 saturated heterocycles. The van der Waals surface area contributed by atoms with Crippen LogP contribution in [0.3, 0.4) is 0 Å². The van der Waals surface area contributed by atoms with Gasteiger partial charge in [-0.15, -0.1) is 0 Å². The van der Waals surface area contributed by atoms with Gasteiger partial charge in [0.05, 0.1) is 7.11 Å². The molecule has 3 rings (SSSR count). The standard InChI is InChI=1S/C21H23FN2O3/c1-27-19-9-7-16(15-18(19)22)8-10-20(25)23-11-13-24(14-12-23)21(26)17-5-3-2-4-6-17/h2-7,9,15H,8,10-14H2,1H3. The SMILES string of the molecule is COc1ccc(CCC(=O)N2CCN(C(=O)c3ccccc3)CC2)cc1F. The fourth-order valence-corrected chi connectivity index (χ4v) is 3.20. The van der Waals surface area contributed by atoms with E-state index in [1.165, 1.54) is 13.2 Å². The van der Waals surface area contributed by atoms with Gasteiger partial charge in [0, 0.05) is 38.2 Å². The number of ether oxygens (including phenoxy) is 1. The van der Waals surface area contributed by atoms with Gasteiger partial charge in [0.1, 0.15) is 0 Å². The zero-order chi connectivity index (χ0) is 19.2. The van der Waals surface area contributed by atoms with Crippen molar-refractivity contribution in [3.8, 4) is 5.75 Å². The third-order valence-corrected chi connectivity index (χ3v) is 4.78. The van der Waals surface area contributed by atoms with Gasteiger partial charge in [-0.25, -0.2) is 4.39 Å². The number of hydrogen-bond acceptors (Lipinski definition) is 3. The van der Waals surface area contributed by atoms with Crippen molar-refractivity contribution in [2.24, 2.45) is 0 Å². The molecule has 0 radical (unpaired) electrons. The fourth-order valence-electron chi connectivity index (χ4n) is 3.20. The normalized spacial score (nSPS) is 14.1. The van der Waals surface area contributed by atoms with Crippen LogP contribution < -0.4 is 4.74 Å². The van der Waals surface area contributed by atoms with Crippen LogP contribution in [0.1, 0.15) is 22.3 Å². The van der Waals surface area contributed by atoms with E-state index in [-0.39, 0.29) is 17.6 Å². The molecule has 0 atom stereocenters. The highest BCUT2D eigenvalue weighted by Crippen LogP contribution is 2.19. The second-order valence-corrected chi connectivity index (χ2v) is 6.51. The lowest BCUT2D eigenvalue weighted by molar-refractivity contribution is -0.132. The van der Waals surface area contributed by atoms with Gasteiger partial charge in [-0.3, -0.25) is 9.59 Å². The predicted octanol–water partition coefficient (Wildman–Crippen LogP) is 2.75. The number of aryl methyl sites for hydroxylation is 1. The molecule has 0 spiro atoms. The number of carbonyl (C=O) groups is 2. The zero-order valence-electron chi connectivity index (χ0n) is 15.4. The number of piperazine rings is 1. The molecule has 1 aliphatic heterocycles. The van der Waals surface area contributed by atoms with Crippen LogP contribution in [0.4, 0.5) is 4.39 Å². The summed E-state index contributed by atoms with van der Waals surface area (Å²) in [7, 11) is 1.42. The summed E-state index contributed by atoms with van der Waals surface area (Å²) in [6, 6.07) is 13.9. The third kappa shape index (κ3) is 4.64. The van der Waals surface area contributed by atoms with Gasteiger partial charge in [0.25, 0.3) is 5.91 Å². The molecule has 0 unspecified atom stereocenters. The molecule has 142 valence electrons. The van der Waals surface area contributed by atoms with E-state index in [9.17, 15) is 14.0 Å². The van der Waals surface area contributed by atoms with Crippen molar-refractivity contribution >= 4 is 11.8 Å². The van der Waals surface area contributed by atoms with Gasteiger partial charge in [-0.05, 0) is 36.2 Å². The minimum atomic E-state index is -0.421. The van der Waals surface area contributed by atoms with Gasteiger partial charge in [-0.2, -0.15) is 0 Å². The molecular weight excluding hydrogens is 347 g/mol. The molecule has 0 aliphatic carbocycles. The Kier molecular flexibility index (Phi) is 6.06. The summed E-state index contributed by atoms with van der Waals surface area (Å²) in [4.78, 5) is 28.4. The van der Waals surface area contributed by atoms with E-state index in [0.717, 1.165) is 5.56 Å². The first-order valence-electron chi connectivity index (χ1n) is 9.03. The summed E-state index contributed by atoms with van der Waals surface area (Å²) in [6.07, 6.45) is 0.793. The van der Waals surface area contributed by atoms with Gasteiger partial charge >= 0.3 is 0 Å². The van der Waals surface area contributed by atoms with Crippen molar-refractivity contribution in [3.63, 3.8) is 0 Å². The van der Waals surface area contributed by atoms with Crippen LogP contribution in [0, 0.1) is 5.82 Å². The smallest absolute Gasteiger partial charge is 0.253 e. The van der Waals surface area contributed by atoms with E-state index in [2.05, 4.69) is 0 Å². The minimum absolute atomic E-state index is 0.00333. The number of methoxy groups -OCH3 is 1. The number of hydrogen-bond donors (Lipinski definition) is 0. The van der Waals surface area contributed by atoms with Crippen LogP contribution in [0.25, 0.3) is 0 Å². The summed E-state index contributed by atoms with van der Waals surface area (Å²) in [6.45, 7) is 2.09. The Hall–Kier alpha value is -2.89. The number of amides is 2. The van der Waals surface area contributed by atoms with Gasteiger partial charge in [0.15, 0.2) is 11.6 Å². The molecule has 5 nitrogen and oxygen atoms in total. The van der Waals surface area contributed by atoms with E-state index in [4.69, 9.17) is 4.74 Å². The Labute approximate surface area is 158 Å². The van der Waals surface area contributed by atoms with Crippen molar-refractivity contribution in [2.45, 2.75) is 12.8 Å². The molecule has 27 heavy (non-hydrogen) atoms. The molecule has 2 amide bonds. The Morgan fingerprint density at radius 2 is 1.67 bits per heavy atom. The summed E-state index contributed by atoms with van der Waals surface area (Å²) in [5, 5.41) is 0. The predicted molar refractivity (Wildman–Crippen MR) is 100 cm³/mol.